The Bertz CT molecular complexity index is 994. The van der Waals surface area contributed by atoms with Crippen molar-refractivity contribution in [3.8, 4) is 17.1 Å². The smallest absolute Gasteiger partial charge is 0.247 e. The van der Waals surface area contributed by atoms with Crippen molar-refractivity contribution in [1.29, 1.82) is 0 Å². The van der Waals surface area contributed by atoms with Crippen LogP contribution in [0.5, 0.6) is 0 Å². The number of benzene rings is 2. The summed E-state index contributed by atoms with van der Waals surface area (Å²) in [6.45, 7) is 4.06. The van der Waals surface area contributed by atoms with E-state index in [1.165, 1.54) is 17.3 Å². The van der Waals surface area contributed by atoms with Crippen LogP contribution < -0.4 is 0 Å². The Morgan fingerprint density at radius 1 is 0.962 bits per heavy atom. The van der Waals surface area contributed by atoms with Crippen LogP contribution in [-0.2, 0) is 0 Å². The van der Waals surface area contributed by atoms with Gasteiger partial charge in [0, 0.05) is 11.3 Å². The normalized spacial score (nSPS) is 12.2. The van der Waals surface area contributed by atoms with Crippen LogP contribution in [0.4, 0.5) is 0 Å². The summed E-state index contributed by atoms with van der Waals surface area (Å²) < 4.78 is 7.81. The second-order valence-electron chi connectivity index (χ2n) is 5.89. The van der Waals surface area contributed by atoms with Crippen LogP contribution in [0.3, 0.4) is 0 Å². The minimum Gasteiger partial charge on any atom is -0.419 e. The van der Waals surface area contributed by atoms with E-state index in [2.05, 4.69) is 20.4 Å². The minimum absolute atomic E-state index is 0.0478. The second-order valence-corrected chi connectivity index (χ2v) is 7.20. The quantitative estimate of drug-likeness (QED) is 0.487. The Kier molecular flexibility index (Phi) is 4.53. The predicted octanol–water partition coefficient (Wildman–Crippen LogP) is 4.48. The van der Waals surface area contributed by atoms with Gasteiger partial charge in [0.05, 0.1) is 5.25 Å². The molecule has 1 unspecified atom stereocenters. The molecule has 2 aromatic heterocycles. The molecule has 2 aromatic carbocycles. The minimum atomic E-state index is -0.0478. The number of aryl methyl sites for hydroxylation is 1. The largest absolute Gasteiger partial charge is 0.419 e. The molecule has 0 saturated heterocycles. The van der Waals surface area contributed by atoms with Gasteiger partial charge in [-0.3, -0.25) is 4.57 Å². The molecule has 4 rings (SSSR count). The highest BCUT2D eigenvalue weighted by molar-refractivity contribution is 7.99. The number of para-hydroxylation sites is 1. The Hall–Kier alpha value is -2.93. The highest BCUT2D eigenvalue weighted by Crippen LogP contribution is 2.34. The van der Waals surface area contributed by atoms with Gasteiger partial charge in [-0.2, -0.15) is 0 Å². The van der Waals surface area contributed by atoms with Crippen molar-refractivity contribution < 1.29 is 4.42 Å². The Morgan fingerprint density at radius 2 is 1.73 bits per heavy atom. The molecule has 0 amide bonds. The van der Waals surface area contributed by atoms with Crippen molar-refractivity contribution in [3.63, 3.8) is 0 Å². The van der Waals surface area contributed by atoms with Crippen molar-refractivity contribution in [3.05, 3.63) is 72.4 Å². The molecular weight excluding hydrogens is 346 g/mol. The summed E-state index contributed by atoms with van der Waals surface area (Å²) in [6, 6.07) is 18.0. The summed E-state index contributed by atoms with van der Waals surface area (Å²) in [4.78, 5) is 0. The zero-order valence-corrected chi connectivity index (χ0v) is 15.2. The average Bonchev–Trinajstić information content (AvgIpc) is 3.33. The van der Waals surface area contributed by atoms with Gasteiger partial charge in [-0.15, -0.1) is 20.4 Å². The Labute approximate surface area is 155 Å². The molecule has 26 heavy (non-hydrogen) atoms. The molecule has 1 atom stereocenters. The van der Waals surface area contributed by atoms with E-state index >= 15 is 0 Å². The lowest BCUT2D eigenvalue weighted by Crippen LogP contribution is -1.97. The molecule has 2 heterocycles. The first-order valence-corrected chi connectivity index (χ1v) is 9.11. The maximum Gasteiger partial charge on any atom is 0.247 e. The molecule has 4 aromatic rings. The van der Waals surface area contributed by atoms with Crippen LogP contribution in [0.15, 0.2) is 70.5 Å². The standard InChI is InChI=1S/C19H17N5OS/c1-13-8-10-15(11-9-13)18-22-21-17(25-18)14(2)26-19-23-20-12-24(19)16-6-4-3-5-7-16/h3-12,14H,1-2H3. The number of hydrogen-bond acceptors (Lipinski definition) is 6. The number of nitrogens with zero attached hydrogens (tertiary/aromatic N) is 5. The summed E-state index contributed by atoms with van der Waals surface area (Å²) in [5.41, 5.74) is 3.12. The van der Waals surface area contributed by atoms with Crippen LogP contribution in [0.1, 0.15) is 23.6 Å². The van der Waals surface area contributed by atoms with E-state index in [9.17, 15) is 0 Å². The van der Waals surface area contributed by atoms with Crippen LogP contribution in [0, 0.1) is 6.92 Å². The molecule has 6 nitrogen and oxygen atoms in total. The summed E-state index contributed by atoms with van der Waals surface area (Å²) in [6.07, 6.45) is 1.70. The van der Waals surface area contributed by atoms with Crippen LogP contribution in [-0.4, -0.2) is 25.0 Å². The summed E-state index contributed by atoms with van der Waals surface area (Å²) >= 11 is 1.53. The van der Waals surface area contributed by atoms with Crippen molar-refractivity contribution in [2.45, 2.75) is 24.3 Å². The maximum atomic E-state index is 5.87. The maximum absolute atomic E-state index is 5.87. The third-order valence-corrected chi connectivity index (χ3v) is 4.96. The lowest BCUT2D eigenvalue weighted by Gasteiger charge is -2.08. The van der Waals surface area contributed by atoms with Crippen molar-refractivity contribution in [1.82, 2.24) is 25.0 Å². The first-order valence-electron chi connectivity index (χ1n) is 8.23. The summed E-state index contributed by atoms with van der Waals surface area (Å²) in [5, 5.41) is 17.4. The van der Waals surface area contributed by atoms with Gasteiger partial charge in [-0.25, -0.2) is 0 Å². The van der Waals surface area contributed by atoms with Gasteiger partial charge in [-0.05, 0) is 38.1 Å². The van der Waals surface area contributed by atoms with Crippen LogP contribution in [0.2, 0.25) is 0 Å². The topological polar surface area (TPSA) is 69.6 Å². The van der Waals surface area contributed by atoms with Gasteiger partial charge in [0.2, 0.25) is 11.8 Å². The number of thioether (sulfide) groups is 1. The van der Waals surface area contributed by atoms with E-state index in [0.29, 0.717) is 11.8 Å². The average molecular weight is 363 g/mol. The van der Waals surface area contributed by atoms with E-state index in [4.69, 9.17) is 4.42 Å². The molecule has 0 fully saturated rings. The van der Waals surface area contributed by atoms with Gasteiger partial charge in [0.1, 0.15) is 6.33 Å². The molecule has 0 saturated carbocycles. The Morgan fingerprint density at radius 3 is 2.50 bits per heavy atom. The fraction of sp³-hybridized carbons (Fsp3) is 0.158. The molecule has 0 radical (unpaired) electrons. The van der Waals surface area contributed by atoms with Crippen LogP contribution in [0.25, 0.3) is 17.1 Å². The molecule has 7 heteroatoms. The van der Waals surface area contributed by atoms with E-state index in [-0.39, 0.29) is 5.25 Å². The van der Waals surface area contributed by atoms with E-state index in [1.54, 1.807) is 6.33 Å². The first kappa shape index (κ1) is 16.5. The van der Waals surface area contributed by atoms with E-state index < -0.39 is 0 Å². The fourth-order valence-electron chi connectivity index (χ4n) is 2.49. The molecule has 0 aliphatic rings. The third kappa shape index (κ3) is 3.39. The number of aromatic nitrogens is 5. The molecule has 0 spiro atoms. The molecular formula is C19H17N5OS. The fourth-order valence-corrected chi connectivity index (χ4v) is 3.36. The monoisotopic (exact) mass is 363 g/mol. The molecule has 0 aliphatic heterocycles. The van der Waals surface area contributed by atoms with E-state index in [1.807, 2.05) is 73.0 Å². The summed E-state index contributed by atoms with van der Waals surface area (Å²) in [7, 11) is 0. The lowest BCUT2D eigenvalue weighted by molar-refractivity contribution is 0.509. The molecule has 0 aliphatic carbocycles. The van der Waals surface area contributed by atoms with Crippen molar-refractivity contribution >= 4 is 11.8 Å². The van der Waals surface area contributed by atoms with Gasteiger partial charge in [0.25, 0.3) is 0 Å². The van der Waals surface area contributed by atoms with Gasteiger partial charge >= 0.3 is 0 Å². The van der Waals surface area contributed by atoms with Gasteiger partial charge < -0.3 is 4.42 Å². The van der Waals surface area contributed by atoms with Gasteiger partial charge in [0.15, 0.2) is 5.16 Å². The molecule has 130 valence electrons. The zero-order valence-electron chi connectivity index (χ0n) is 14.4. The Balaban J connectivity index is 1.54. The van der Waals surface area contributed by atoms with E-state index in [0.717, 1.165) is 16.4 Å². The molecule has 0 N–H and O–H groups in total. The zero-order chi connectivity index (χ0) is 17.9. The highest BCUT2D eigenvalue weighted by atomic mass is 32.2. The predicted molar refractivity (Wildman–Crippen MR) is 100 cm³/mol. The number of hydrogen-bond donors (Lipinski definition) is 0. The summed E-state index contributed by atoms with van der Waals surface area (Å²) in [5.74, 6) is 1.09. The van der Waals surface area contributed by atoms with Crippen LogP contribution >= 0.6 is 11.8 Å². The third-order valence-electron chi connectivity index (χ3n) is 3.92. The van der Waals surface area contributed by atoms with Gasteiger partial charge in [-0.1, -0.05) is 47.7 Å². The number of rotatable bonds is 5. The first-order chi connectivity index (χ1) is 12.7. The highest BCUT2D eigenvalue weighted by Gasteiger charge is 2.19. The van der Waals surface area contributed by atoms with Crippen molar-refractivity contribution in [2.24, 2.45) is 0 Å². The molecule has 0 bridgehead atoms. The van der Waals surface area contributed by atoms with Crippen molar-refractivity contribution in [2.75, 3.05) is 0 Å². The lowest BCUT2D eigenvalue weighted by atomic mass is 10.1. The SMILES string of the molecule is Cc1ccc(-c2nnc(C(C)Sc3nncn3-c3ccccc3)o2)cc1. The second kappa shape index (κ2) is 7.13.